The number of alkyl halides is 3. The van der Waals surface area contributed by atoms with Gasteiger partial charge >= 0.3 is 6.36 Å². The monoisotopic (exact) mass is 287 g/mol. The normalized spacial score (nSPS) is 18.6. The van der Waals surface area contributed by atoms with Crippen molar-refractivity contribution >= 4 is 0 Å². The topological polar surface area (TPSA) is 21.3 Å². The first kappa shape index (κ1) is 15.2. The zero-order valence-electron chi connectivity index (χ0n) is 11.7. The lowest BCUT2D eigenvalue weighted by molar-refractivity contribution is -0.275. The number of ether oxygens (including phenoxy) is 1. The Bertz CT molecular complexity index is 443. The molecule has 0 aromatic heterocycles. The third-order valence-electron chi connectivity index (χ3n) is 3.79. The van der Waals surface area contributed by atoms with E-state index in [1.807, 2.05) is 13.8 Å². The molecule has 112 valence electrons. The molecule has 1 N–H and O–H groups in total. The van der Waals surface area contributed by atoms with Crippen molar-refractivity contribution in [1.29, 1.82) is 0 Å². The molecule has 5 heteroatoms. The van der Waals surface area contributed by atoms with Gasteiger partial charge in [0, 0.05) is 6.04 Å². The van der Waals surface area contributed by atoms with E-state index in [0.29, 0.717) is 11.6 Å². The van der Waals surface area contributed by atoms with E-state index in [4.69, 9.17) is 0 Å². The lowest BCUT2D eigenvalue weighted by atomic mass is 9.88. The van der Waals surface area contributed by atoms with Crippen molar-refractivity contribution in [3.63, 3.8) is 0 Å². The highest BCUT2D eigenvalue weighted by Crippen LogP contribution is 2.34. The molecule has 1 saturated carbocycles. The summed E-state index contributed by atoms with van der Waals surface area (Å²) in [7, 11) is 0. The average Bonchev–Trinajstić information content (AvgIpc) is 3.18. The maximum Gasteiger partial charge on any atom is 0.573 e. The van der Waals surface area contributed by atoms with E-state index in [-0.39, 0.29) is 17.6 Å². The Hall–Kier alpha value is -1.23. The highest BCUT2D eigenvalue weighted by atomic mass is 19.4. The van der Waals surface area contributed by atoms with Gasteiger partial charge in [-0.15, -0.1) is 13.2 Å². The SMILES string of the molecule is CC(CNC1CC1)C(C)c1ccccc1OC(F)(F)F. The van der Waals surface area contributed by atoms with E-state index in [1.54, 1.807) is 18.2 Å². The molecule has 0 aliphatic heterocycles. The first-order chi connectivity index (χ1) is 9.37. The number of benzene rings is 1. The fourth-order valence-electron chi connectivity index (χ4n) is 2.20. The van der Waals surface area contributed by atoms with Crippen LogP contribution in [-0.2, 0) is 0 Å². The van der Waals surface area contributed by atoms with Crippen LogP contribution in [0.15, 0.2) is 24.3 Å². The quantitative estimate of drug-likeness (QED) is 0.851. The van der Waals surface area contributed by atoms with Crippen molar-refractivity contribution in [3.8, 4) is 5.75 Å². The molecule has 0 bridgehead atoms. The molecule has 20 heavy (non-hydrogen) atoms. The van der Waals surface area contributed by atoms with Crippen LogP contribution in [-0.4, -0.2) is 18.9 Å². The predicted octanol–water partition coefficient (Wildman–Crippen LogP) is 4.08. The lowest BCUT2D eigenvalue weighted by Gasteiger charge is -2.23. The number of nitrogens with one attached hydrogen (secondary N) is 1. The van der Waals surface area contributed by atoms with E-state index in [2.05, 4.69) is 10.1 Å². The van der Waals surface area contributed by atoms with Crippen molar-refractivity contribution in [3.05, 3.63) is 29.8 Å². The number of halogens is 3. The first-order valence-electron chi connectivity index (χ1n) is 6.95. The van der Waals surface area contributed by atoms with Crippen molar-refractivity contribution < 1.29 is 17.9 Å². The van der Waals surface area contributed by atoms with E-state index in [9.17, 15) is 13.2 Å². The van der Waals surface area contributed by atoms with Crippen LogP contribution in [0.1, 0.15) is 38.2 Å². The summed E-state index contributed by atoms with van der Waals surface area (Å²) in [5, 5.41) is 3.41. The molecule has 1 aromatic rings. The molecule has 2 unspecified atom stereocenters. The van der Waals surface area contributed by atoms with Crippen molar-refractivity contribution in [1.82, 2.24) is 5.32 Å². The summed E-state index contributed by atoms with van der Waals surface area (Å²) in [6.07, 6.45) is -2.24. The molecule has 1 fully saturated rings. The molecule has 1 aliphatic carbocycles. The number of hydrogen-bond acceptors (Lipinski definition) is 2. The third kappa shape index (κ3) is 4.40. The number of para-hydroxylation sites is 1. The molecule has 1 aromatic carbocycles. The second kappa shape index (κ2) is 6.04. The fourth-order valence-corrected chi connectivity index (χ4v) is 2.20. The molecule has 1 aliphatic rings. The minimum Gasteiger partial charge on any atom is -0.405 e. The number of hydrogen-bond donors (Lipinski definition) is 1. The Balaban J connectivity index is 2.05. The summed E-state index contributed by atoms with van der Waals surface area (Å²) >= 11 is 0. The van der Waals surface area contributed by atoms with Crippen LogP contribution in [0.5, 0.6) is 5.75 Å². The Morgan fingerprint density at radius 2 is 1.90 bits per heavy atom. The van der Waals surface area contributed by atoms with Crippen molar-refractivity contribution in [2.75, 3.05) is 6.54 Å². The second-order valence-electron chi connectivity index (χ2n) is 5.53. The molecule has 0 radical (unpaired) electrons. The van der Waals surface area contributed by atoms with Crippen LogP contribution < -0.4 is 10.1 Å². The van der Waals surface area contributed by atoms with Crippen LogP contribution in [0, 0.1) is 5.92 Å². The Morgan fingerprint density at radius 1 is 1.25 bits per heavy atom. The van der Waals surface area contributed by atoms with E-state index in [0.717, 1.165) is 6.54 Å². The van der Waals surface area contributed by atoms with E-state index < -0.39 is 6.36 Å². The van der Waals surface area contributed by atoms with Gasteiger partial charge in [-0.25, -0.2) is 0 Å². The van der Waals surface area contributed by atoms with Gasteiger partial charge in [-0.05, 0) is 42.9 Å². The summed E-state index contributed by atoms with van der Waals surface area (Å²) in [5.74, 6) is 0.152. The van der Waals surface area contributed by atoms with Gasteiger partial charge < -0.3 is 10.1 Å². The third-order valence-corrected chi connectivity index (χ3v) is 3.79. The van der Waals surface area contributed by atoms with Gasteiger partial charge in [0.15, 0.2) is 0 Å². The van der Waals surface area contributed by atoms with Crippen LogP contribution in [0.4, 0.5) is 13.2 Å². The van der Waals surface area contributed by atoms with Crippen LogP contribution in [0.2, 0.25) is 0 Å². The molecule has 0 spiro atoms. The Labute approximate surface area is 117 Å². The maximum atomic E-state index is 12.4. The van der Waals surface area contributed by atoms with Gasteiger partial charge in [0.25, 0.3) is 0 Å². The number of rotatable bonds is 6. The predicted molar refractivity (Wildman–Crippen MR) is 71.7 cm³/mol. The molecule has 0 heterocycles. The Morgan fingerprint density at radius 3 is 2.50 bits per heavy atom. The highest BCUT2D eigenvalue weighted by molar-refractivity contribution is 5.36. The minimum absolute atomic E-state index is 0.000185. The fraction of sp³-hybridized carbons (Fsp3) is 0.600. The highest BCUT2D eigenvalue weighted by Gasteiger charge is 2.33. The van der Waals surface area contributed by atoms with Crippen molar-refractivity contribution in [2.24, 2.45) is 5.92 Å². The zero-order valence-corrected chi connectivity index (χ0v) is 11.7. The second-order valence-corrected chi connectivity index (χ2v) is 5.53. The van der Waals surface area contributed by atoms with Crippen LogP contribution in [0.25, 0.3) is 0 Å². The standard InChI is InChI=1S/C15H20F3NO/c1-10(9-19-12-7-8-12)11(2)13-5-3-4-6-14(13)20-15(16,17)18/h3-6,10-12,19H,7-9H2,1-2H3. The van der Waals surface area contributed by atoms with Gasteiger partial charge in [0.05, 0.1) is 0 Å². The van der Waals surface area contributed by atoms with E-state index >= 15 is 0 Å². The molecule has 2 atom stereocenters. The molecular weight excluding hydrogens is 267 g/mol. The van der Waals surface area contributed by atoms with E-state index in [1.165, 1.54) is 18.9 Å². The summed E-state index contributed by atoms with van der Waals surface area (Å²) in [6.45, 7) is 4.80. The molecular formula is C15H20F3NO. The lowest BCUT2D eigenvalue weighted by Crippen LogP contribution is -2.26. The first-order valence-corrected chi connectivity index (χ1v) is 6.95. The minimum atomic E-state index is -4.65. The summed E-state index contributed by atoms with van der Waals surface area (Å²) in [6, 6.07) is 6.99. The van der Waals surface area contributed by atoms with Gasteiger partial charge in [0.1, 0.15) is 5.75 Å². The largest absolute Gasteiger partial charge is 0.573 e. The molecule has 2 rings (SSSR count). The summed E-state index contributed by atoms with van der Waals surface area (Å²) in [4.78, 5) is 0. The van der Waals surface area contributed by atoms with Gasteiger partial charge in [-0.2, -0.15) is 0 Å². The Kier molecular flexibility index (Phi) is 4.58. The van der Waals surface area contributed by atoms with Gasteiger partial charge in [0.2, 0.25) is 0 Å². The van der Waals surface area contributed by atoms with Gasteiger partial charge in [-0.1, -0.05) is 32.0 Å². The zero-order chi connectivity index (χ0) is 14.8. The van der Waals surface area contributed by atoms with Crippen LogP contribution >= 0.6 is 0 Å². The van der Waals surface area contributed by atoms with Gasteiger partial charge in [-0.3, -0.25) is 0 Å². The van der Waals surface area contributed by atoms with Crippen LogP contribution in [0.3, 0.4) is 0 Å². The summed E-state index contributed by atoms with van der Waals surface area (Å²) < 4.78 is 41.4. The maximum absolute atomic E-state index is 12.4. The molecule has 2 nitrogen and oxygen atoms in total. The average molecular weight is 287 g/mol. The molecule has 0 amide bonds. The molecule has 0 saturated heterocycles. The van der Waals surface area contributed by atoms with Crippen molar-refractivity contribution in [2.45, 2.75) is 45.0 Å². The smallest absolute Gasteiger partial charge is 0.405 e. The summed E-state index contributed by atoms with van der Waals surface area (Å²) in [5.41, 5.74) is 0.606.